The molecule has 1 atom stereocenters. The highest BCUT2D eigenvalue weighted by atomic mass is 79.9. The van der Waals surface area contributed by atoms with Crippen LogP contribution in [0.1, 0.15) is 19.4 Å². The lowest BCUT2D eigenvalue weighted by Gasteiger charge is -2.32. The van der Waals surface area contributed by atoms with Crippen LogP contribution in [0.4, 0.5) is 10.1 Å². The molecule has 0 fully saturated rings. The van der Waals surface area contributed by atoms with Crippen molar-refractivity contribution in [2.75, 3.05) is 17.4 Å². The number of amides is 2. The van der Waals surface area contributed by atoms with Gasteiger partial charge in [0.15, 0.2) is 0 Å². The van der Waals surface area contributed by atoms with Crippen molar-refractivity contribution in [2.24, 2.45) is 0 Å². The highest BCUT2D eigenvalue weighted by Crippen LogP contribution is 2.28. The molecule has 37 heavy (non-hydrogen) atoms. The van der Waals surface area contributed by atoms with Crippen LogP contribution < -0.4 is 9.62 Å². The van der Waals surface area contributed by atoms with E-state index in [0.717, 1.165) is 26.5 Å². The molecule has 0 radical (unpaired) electrons. The first kappa shape index (κ1) is 28.6. The quantitative estimate of drug-likeness (QED) is 0.351. The largest absolute Gasteiger partial charge is 0.355 e. The van der Waals surface area contributed by atoms with Crippen LogP contribution in [0.25, 0.3) is 0 Å². The number of hydrogen-bond donors (Lipinski definition) is 1. The number of benzene rings is 3. The predicted octanol–water partition coefficient (Wildman–Crippen LogP) is 4.99. The molecule has 3 aromatic rings. The summed E-state index contributed by atoms with van der Waals surface area (Å²) in [6.45, 7) is 3.12. The normalized spacial score (nSPS) is 12.0. The number of sulfonamides is 1. The van der Waals surface area contributed by atoms with Gasteiger partial charge in [-0.05, 0) is 61.9 Å². The first-order valence-electron chi connectivity index (χ1n) is 11.4. The summed E-state index contributed by atoms with van der Waals surface area (Å²) in [5.74, 6) is -1.73. The van der Waals surface area contributed by atoms with Crippen molar-refractivity contribution in [2.45, 2.75) is 31.3 Å². The van der Waals surface area contributed by atoms with Crippen molar-refractivity contribution in [1.82, 2.24) is 10.2 Å². The number of anilines is 1. The SMILES string of the molecule is CCNC(=O)C(C)N(Cc1cccc(Br)c1)C(=O)CN(c1ccc(F)c(Cl)c1)S(=O)(=O)c1ccccc1. The Balaban J connectivity index is 2.04. The minimum Gasteiger partial charge on any atom is -0.355 e. The first-order valence-corrected chi connectivity index (χ1v) is 14.0. The van der Waals surface area contributed by atoms with Crippen LogP contribution in [0.5, 0.6) is 0 Å². The Morgan fingerprint density at radius 1 is 1.05 bits per heavy atom. The Hall–Kier alpha value is -2.95. The Kier molecular flexibility index (Phi) is 9.69. The van der Waals surface area contributed by atoms with E-state index in [-0.39, 0.29) is 28.1 Å². The van der Waals surface area contributed by atoms with Crippen LogP contribution in [0.15, 0.2) is 82.2 Å². The van der Waals surface area contributed by atoms with E-state index in [1.54, 1.807) is 44.2 Å². The summed E-state index contributed by atoms with van der Waals surface area (Å²) in [7, 11) is -4.25. The number of likely N-dealkylation sites (N-methyl/N-ethyl adjacent to an activating group) is 1. The molecule has 2 amide bonds. The predicted molar refractivity (Wildman–Crippen MR) is 145 cm³/mol. The molecule has 0 saturated heterocycles. The standard InChI is InChI=1S/C26H26BrClFN3O4S/c1-3-30-26(34)18(2)31(16-19-8-7-9-20(27)14-19)25(33)17-32(21-12-13-24(29)23(28)15-21)37(35,36)22-10-5-4-6-11-22/h4-15,18H,3,16-17H2,1-2H3,(H,30,34). The van der Waals surface area contributed by atoms with Crippen molar-refractivity contribution in [3.05, 3.63) is 93.7 Å². The molecule has 0 aliphatic heterocycles. The third-order valence-corrected chi connectivity index (χ3v) is 8.13. The average Bonchev–Trinajstić information content (AvgIpc) is 2.87. The fourth-order valence-corrected chi connectivity index (χ4v) is 5.67. The molecule has 196 valence electrons. The molecular formula is C26H26BrClFN3O4S. The van der Waals surface area contributed by atoms with E-state index in [1.165, 1.54) is 23.1 Å². The summed E-state index contributed by atoms with van der Waals surface area (Å²) >= 11 is 9.35. The van der Waals surface area contributed by atoms with Gasteiger partial charge in [0.1, 0.15) is 18.4 Å². The molecule has 1 N–H and O–H groups in total. The van der Waals surface area contributed by atoms with Gasteiger partial charge in [-0.3, -0.25) is 13.9 Å². The van der Waals surface area contributed by atoms with Crippen LogP contribution in [-0.2, 0) is 26.2 Å². The number of nitrogens with zero attached hydrogens (tertiary/aromatic N) is 2. The van der Waals surface area contributed by atoms with Crippen molar-refractivity contribution in [1.29, 1.82) is 0 Å². The van der Waals surface area contributed by atoms with Gasteiger partial charge in [0.25, 0.3) is 10.0 Å². The zero-order valence-corrected chi connectivity index (χ0v) is 23.4. The van der Waals surface area contributed by atoms with E-state index in [1.807, 2.05) is 12.1 Å². The van der Waals surface area contributed by atoms with E-state index in [0.29, 0.717) is 6.54 Å². The Morgan fingerprint density at radius 3 is 2.38 bits per heavy atom. The van der Waals surface area contributed by atoms with Crippen molar-refractivity contribution < 1.29 is 22.4 Å². The second-order valence-corrected chi connectivity index (χ2v) is 11.3. The van der Waals surface area contributed by atoms with Crippen molar-refractivity contribution in [3.8, 4) is 0 Å². The molecule has 0 saturated carbocycles. The number of carbonyl (C=O) groups is 2. The molecule has 0 bridgehead atoms. The molecule has 1 unspecified atom stereocenters. The fourth-order valence-electron chi connectivity index (χ4n) is 3.63. The van der Waals surface area contributed by atoms with Gasteiger partial charge in [0.2, 0.25) is 11.8 Å². The lowest BCUT2D eigenvalue weighted by molar-refractivity contribution is -0.139. The maximum atomic E-state index is 13.9. The van der Waals surface area contributed by atoms with E-state index >= 15 is 0 Å². The second kappa shape index (κ2) is 12.5. The second-order valence-electron chi connectivity index (χ2n) is 8.15. The summed E-state index contributed by atoms with van der Waals surface area (Å²) in [6.07, 6.45) is 0. The molecule has 7 nitrogen and oxygen atoms in total. The van der Waals surface area contributed by atoms with Gasteiger partial charge in [-0.1, -0.05) is 57.9 Å². The van der Waals surface area contributed by atoms with Crippen molar-refractivity contribution >= 4 is 55.1 Å². The smallest absolute Gasteiger partial charge is 0.264 e. The summed E-state index contributed by atoms with van der Waals surface area (Å²) in [5, 5.41) is 2.41. The molecule has 3 rings (SSSR count). The molecule has 0 aromatic heterocycles. The van der Waals surface area contributed by atoms with Gasteiger partial charge in [-0.15, -0.1) is 0 Å². The van der Waals surface area contributed by atoms with Gasteiger partial charge < -0.3 is 10.2 Å². The van der Waals surface area contributed by atoms with E-state index < -0.39 is 34.3 Å². The van der Waals surface area contributed by atoms with Crippen LogP contribution in [0, 0.1) is 5.82 Å². The number of rotatable bonds is 10. The maximum absolute atomic E-state index is 13.9. The molecule has 11 heteroatoms. The number of halogens is 3. The fraction of sp³-hybridized carbons (Fsp3) is 0.231. The Morgan fingerprint density at radius 2 is 1.76 bits per heavy atom. The number of carbonyl (C=O) groups excluding carboxylic acids is 2. The lowest BCUT2D eigenvalue weighted by Crippen LogP contribution is -2.51. The van der Waals surface area contributed by atoms with Gasteiger partial charge in [-0.2, -0.15) is 0 Å². The maximum Gasteiger partial charge on any atom is 0.264 e. The lowest BCUT2D eigenvalue weighted by atomic mass is 10.1. The van der Waals surface area contributed by atoms with Gasteiger partial charge in [-0.25, -0.2) is 12.8 Å². The Bertz CT molecular complexity index is 1380. The molecule has 0 heterocycles. The molecule has 0 spiro atoms. The molecule has 3 aromatic carbocycles. The average molecular weight is 611 g/mol. The van der Waals surface area contributed by atoms with Gasteiger partial charge in [0, 0.05) is 17.6 Å². The Labute approximate surface area is 229 Å². The highest BCUT2D eigenvalue weighted by Gasteiger charge is 2.32. The van der Waals surface area contributed by atoms with E-state index in [9.17, 15) is 22.4 Å². The van der Waals surface area contributed by atoms with Crippen LogP contribution >= 0.6 is 27.5 Å². The zero-order valence-electron chi connectivity index (χ0n) is 20.2. The van der Waals surface area contributed by atoms with Crippen molar-refractivity contribution in [3.63, 3.8) is 0 Å². The summed E-state index contributed by atoms with van der Waals surface area (Å²) in [4.78, 5) is 27.7. The summed E-state index contributed by atoms with van der Waals surface area (Å²) in [6, 6.07) is 17.3. The van der Waals surface area contributed by atoms with Crippen LogP contribution in [0.3, 0.4) is 0 Å². The first-order chi connectivity index (χ1) is 17.5. The van der Waals surface area contributed by atoms with Crippen LogP contribution in [-0.4, -0.2) is 44.3 Å². The minimum atomic E-state index is -4.25. The third-order valence-electron chi connectivity index (χ3n) is 5.56. The zero-order chi connectivity index (χ0) is 27.2. The summed E-state index contributed by atoms with van der Waals surface area (Å²) in [5.41, 5.74) is 0.748. The van der Waals surface area contributed by atoms with Gasteiger partial charge >= 0.3 is 0 Å². The monoisotopic (exact) mass is 609 g/mol. The van der Waals surface area contributed by atoms with E-state index in [4.69, 9.17) is 11.6 Å². The minimum absolute atomic E-state index is 0.0108. The summed E-state index contributed by atoms with van der Waals surface area (Å²) < 4.78 is 42.8. The molecule has 0 aliphatic carbocycles. The molecular weight excluding hydrogens is 585 g/mol. The van der Waals surface area contributed by atoms with Crippen LogP contribution in [0.2, 0.25) is 5.02 Å². The number of hydrogen-bond acceptors (Lipinski definition) is 4. The topological polar surface area (TPSA) is 86.8 Å². The molecule has 0 aliphatic rings. The number of nitrogens with one attached hydrogen (secondary N) is 1. The van der Waals surface area contributed by atoms with Gasteiger partial charge in [0.05, 0.1) is 15.6 Å². The van der Waals surface area contributed by atoms with E-state index in [2.05, 4.69) is 21.2 Å². The third kappa shape index (κ3) is 7.09. The highest BCUT2D eigenvalue weighted by molar-refractivity contribution is 9.10.